The lowest BCUT2D eigenvalue weighted by Gasteiger charge is -2.19. The molecule has 0 saturated carbocycles. The number of Topliss-reactive ketones (excluding diaryl/α,β-unsaturated/α-hetero) is 1. The third-order valence-corrected chi connectivity index (χ3v) is 4.26. The van der Waals surface area contributed by atoms with Gasteiger partial charge in [0.2, 0.25) is 0 Å². The van der Waals surface area contributed by atoms with Crippen LogP contribution >= 0.6 is 15.9 Å². The van der Waals surface area contributed by atoms with Crippen LogP contribution in [0.4, 0.5) is 0 Å². The largest absolute Gasteiger partial charge is 0.506 e. The van der Waals surface area contributed by atoms with Crippen LogP contribution in [-0.4, -0.2) is 35.9 Å². The predicted molar refractivity (Wildman–Crippen MR) is 108 cm³/mol. The second-order valence-corrected chi connectivity index (χ2v) is 7.12. The van der Waals surface area contributed by atoms with Crippen molar-refractivity contribution in [3.63, 3.8) is 0 Å². The van der Waals surface area contributed by atoms with Crippen LogP contribution in [0.5, 0.6) is 11.5 Å². The summed E-state index contributed by atoms with van der Waals surface area (Å²) in [6, 6.07) is 7.88. The number of hydrogen-bond acceptors (Lipinski definition) is 6. The number of aldehydes is 1. The quantitative estimate of drug-likeness (QED) is 0.275. The molecule has 6 nitrogen and oxygen atoms in total. The van der Waals surface area contributed by atoms with Crippen molar-refractivity contribution >= 4 is 34.0 Å². The Morgan fingerprint density at radius 2 is 1.93 bits per heavy atom. The number of benzene rings is 2. The van der Waals surface area contributed by atoms with Crippen molar-refractivity contribution in [1.29, 1.82) is 0 Å². The molecular weight excluding hydrogens is 428 g/mol. The average molecular weight is 449 g/mol. The number of esters is 1. The van der Waals surface area contributed by atoms with Gasteiger partial charge in [0, 0.05) is 21.2 Å². The molecule has 0 atom stereocenters. The van der Waals surface area contributed by atoms with E-state index in [4.69, 9.17) is 9.47 Å². The molecule has 0 unspecified atom stereocenters. The maximum absolute atomic E-state index is 12.5. The lowest BCUT2D eigenvalue weighted by molar-refractivity contribution is -0.107. The van der Waals surface area contributed by atoms with Gasteiger partial charge in [0.25, 0.3) is 0 Å². The summed E-state index contributed by atoms with van der Waals surface area (Å²) in [5.41, 5.74) is 0.711. The van der Waals surface area contributed by atoms with Crippen LogP contribution in [0.25, 0.3) is 11.1 Å². The summed E-state index contributed by atoms with van der Waals surface area (Å²) in [5, 5.41) is 10.8. The van der Waals surface area contributed by atoms with Gasteiger partial charge in [0.1, 0.15) is 23.3 Å². The van der Waals surface area contributed by atoms with Crippen LogP contribution < -0.4 is 4.74 Å². The van der Waals surface area contributed by atoms with E-state index in [1.54, 1.807) is 31.2 Å². The average Bonchev–Trinajstić information content (AvgIpc) is 2.63. The van der Waals surface area contributed by atoms with Gasteiger partial charge in [-0.15, -0.1) is 0 Å². The number of carbonyl (C=O) groups is 3. The molecule has 0 aliphatic heterocycles. The maximum atomic E-state index is 12.5. The van der Waals surface area contributed by atoms with E-state index < -0.39 is 11.8 Å². The van der Waals surface area contributed by atoms with Crippen molar-refractivity contribution in [3.05, 3.63) is 45.9 Å². The molecule has 0 heterocycles. The first kappa shape index (κ1) is 21.6. The number of halogens is 1. The highest BCUT2D eigenvalue weighted by Gasteiger charge is 2.24. The number of ketones is 1. The van der Waals surface area contributed by atoms with Crippen molar-refractivity contribution < 1.29 is 29.0 Å². The molecule has 0 bridgehead atoms. The second kappa shape index (κ2) is 9.50. The van der Waals surface area contributed by atoms with E-state index in [-0.39, 0.29) is 41.6 Å². The van der Waals surface area contributed by atoms with E-state index in [2.05, 4.69) is 15.9 Å². The molecule has 0 spiro atoms. The summed E-state index contributed by atoms with van der Waals surface area (Å²) < 4.78 is 11.3. The molecule has 0 saturated heterocycles. The fourth-order valence-electron chi connectivity index (χ4n) is 2.73. The maximum Gasteiger partial charge on any atom is 0.341 e. The fourth-order valence-corrected chi connectivity index (χ4v) is 3.19. The van der Waals surface area contributed by atoms with Crippen molar-refractivity contribution in [2.24, 2.45) is 0 Å². The van der Waals surface area contributed by atoms with Crippen molar-refractivity contribution in [1.82, 2.24) is 0 Å². The molecule has 7 heteroatoms. The van der Waals surface area contributed by atoms with E-state index in [0.717, 1.165) is 0 Å². The summed E-state index contributed by atoms with van der Waals surface area (Å²) in [5.74, 6) is -1.08. The zero-order chi connectivity index (χ0) is 20.8. The molecule has 0 fully saturated rings. The first-order valence-electron chi connectivity index (χ1n) is 8.76. The number of aromatic hydroxyl groups is 1. The van der Waals surface area contributed by atoms with Gasteiger partial charge < -0.3 is 19.4 Å². The lowest BCUT2D eigenvalue weighted by atomic mass is 9.93. The molecule has 148 valence electrons. The van der Waals surface area contributed by atoms with Gasteiger partial charge in [-0.25, -0.2) is 4.79 Å². The van der Waals surface area contributed by atoms with Crippen LogP contribution in [0.15, 0.2) is 34.8 Å². The summed E-state index contributed by atoms with van der Waals surface area (Å²) in [6.07, 6.45) is 0.0128. The topological polar surface area (TPSA) is 89.9 Å². The van der Waals surface area contributed by atoms with Crippen molar-refractivity contribution in [2.75, 3.05) is 6.61 Å². The van der Waals surface area contributed by atoms with Gasteiger partial charge in [-0.3, -0.25) is 4.79 Å². The molecule has 28 heavy (non-hydrogen) atoms. The van der Waals surface area contributed by atoms with Crippen LogP contribution in [0.3, 0.4) is 0 Å². The Morgan fingerprint density at radius 3 is 2.54 bits per heavy atom. The number of rotatable bonds is 8. The summed E-state index contributed by atoms with van der Waals surface area (Å²) >= 11 is 3.33. The Bertz CT molecular complexity index is 904. The summed E-state index contributed by atoms with van der Waals surface area (Å²) in [7, 11) is 0. The monoisotopic (exact) mass is 448 g/mol. The summed E-state index contributed by atoms with van der Waals surface area (Å²) in [4.78, 5) is 35.6. The number of phenols is 1. The first-order valence-corrected chi connectivity index (χ1v) is 9.55. The van der Waals surface area contributed by atoms with Crippen LogP contribution in [0, 0.1) is 0 Å². The molecule has 1 N–H and O–H groups in total. The number of hydrogen-bond donors (Lipinski definition) is 1. The summed E-state index contributed by atoms with van der Waals surface area (Å²) in [6.45, 7) is 5.47. The van der Waals surface area contributed by atoms with E-state index in [0.29, 0.717) is 22.1 Å². The molecule has 0 aromatic heterocycles. The Hall–Kier alpha value is -2.67. The number of carbonyl (C=O) groups excluding carboxylic acids is 3. The van der Waals surface area contributed by atoms with Gasteiger partial charge in [0.05, 0.1) is 19.1 Å². The van der Waals surface area contributed by atoms with Crippen LogP contribution in [0.2, 0.25) is 0 Å². The van der Waals surface area contributed by atoms with E-state index in [9.17, 15) is 19.5 Å². The minimum absolute atomic E-state index is 0.0423. The Kier molecular flexibility index (Phi) is 7.34. The molecule has 2 aromatic rings. The molecule has 0 aliphatic rings. The SMILES string of the molecule is CCOC(=O)c1cc(Br)cc(-c2c(OC(C)C)cccc2C(=O)CC=O)c1O. The predicted octanol–water partition coefficient (Wildman–Crippen LogP) is 4.56. The Labute approximate surface area is 171 Å². The van der Waals surface area contributed by atoms with Gasteiger partial charge in [-0.1, -0.05) is 28.1 Å². The number of ether oxygens (including phenoxy) is 2. The van der Waals surface area contributed by atoms with Crippen LogP contribution in [-0.2, 0) is 9.53 Å². The van der Waals surface area contributed by atoms with Gasteiger partial charge >= 0.3 is 5.97 Å². The van der Waals surface area contributed by atoms with Crippen molar-refractivity contribution in [3.8, 4) is 22.6 Å². The standard InChI is InChI=1S/C21H21BrO6/c1-4-27-21(26)16-11-13(22)10-15(20(16)25)19-14(17(24)8-9-23)6-5-7-18(19)28-12(2)3/h5-7,9-12,25H,4,8H2,1-3H3. The zero-order valence-corrected chi connectivity index (χ0v) is 17.4. The second-order valence-electron chi connectivity index (χ2n) is 6.21. The van der Waals surface area contributed by atoms with E-state index >= 15 is 0 Å². The Morgan fingerprint density at radius 1 is 1.21 bits per heavy atom. The fraction of sp³-hybridized carbons (Fsp3) is 0.286. The highest BCUT2D eigenvalue weighted by molar-refractivity contribution is 9.10. The van der Waals surface area contributed by atoms with Gasteiger partial charge in [-0.2, -0.15) is 0 Å². The smallest absolute Gasteiger partial charge is 0.341 e. The van der Waals surface area contributed by atoms with E-state index in [1.807, 2.05) is 13.8 Å². The molecule has 2 aromatic carbocycles. The van der Waals surface area contributed by atoms with Crippen LogP contribution in [0.1, 0.15) is 47.9 Å². The normalized spacial score (nSPS) is 10.6. The molecular formula is C21H21BrO6. The van der Waals surface area contributed by atoms with Gasteiger partial charge in [0.15, 0.2) is 5.78 Å². The highest BCUT2D eigenvalue weighted by atomic mass is 79.9. The zero-order valence-electron chi connectivity index (χ0n) is 15.8. The highest BCUT2D eigenvalue weighted by Crippen LogP contribution is 2.42. The molecule has 0 radical (unpaired) electrons. The Balaban J connectivity index is 2.80. The minimum Gasteiger partial charge on any atom is -0.506 e. The third-order valence-electron chi connectivity index (χ3n) is 3.80. The third kappa shape index (κ3) is 4.78. The number of phenolic OH excluding ortho intramolecular Hbond substituents is 1. The van der Waals surface area contributed by atoms with E-state index in [1.165, 1.54) is 6.07 Å². The molecule has 0 aliphatic carbocycles. The van der Waals surface area contributed by atoms with Gasteiger partial charge in [-0.05, 0) is 39.0 Å². The lowest BCUT2D eigenvalue weighted by Crippen LogP contribution is -2.10. The molecule has 2 rings (SSSR count). The first-order chi connectivity index (χ1) is 13.3. The van der Waals surface area contributed by atoms with Crippen molar-refractivity contribution in [2.45, 2.75) is 33.3 Å². The minimum atomic E-state index is -0.689. The molecule has 0 amide bonds.